The van der Waals surface area contributed by atoms with Crippen LogP contribution in [-0.2, 0) is 10.0 Å². The number of nitrogens with one attached hydrogen (secondary N) is 3. The number of aromatic nitrogens is 2. The highest BCUT2D eigenvalue weighted by Gasteiger charge is 2.25. The maximum Gasteiger partial charge on any atom is 0.279 e. The zero-order valence-corrected chi connectivity index (χ0v) is 14.5. The third kappa shape index (κ3) is 3.89. The quantitative estimate of drug-likeness (QED) is 0.639. The van der Waals surface area contributed by atoms with Gasteiger partial charge in [0, 0.05) is 11.4 Å². The molecule has 7 nitrogen and oxygen atoms in total. The molecular formula is C17H15FN4O3S. The molecule has 3 aromatic rings. The minimum Gasteiger partial charge on any atom is -0.322 e. The molecule has 0 fully saturated rings. The third-order valence-electron chi connectivity index (χ3n) is 3.52. The molecule has 0 aliphatic carbocycles. The molecule has 0 bridgehead atoms. The summed E-state index contributed by atoms with van der Waals surface area (Å²) in [5.74, 6) is -1.13. The Morgan fingerprint density at radius 3 is 2.31 bits per heavy atom. The van der Waals surface area contributed by atoms with Crippen molar-refractivity contribution >= 4 is 27.3 Å². The first-order valence-corrected chi connectivity index (χ1v) is 9.03. The molecule has 1 amide bonds. The van der Waals surface area contributed by atoms with E-state index >= 15 is 0 Å². The Bertz CT molecular complexity index is 1030. The number of benzene rings is 2. The average molecular weight is 374 g/mol. The molecule has 0 radical (unpaired) electrons. The van der Waals surface area contributed by atoms with Gasteiger partial charge in [-0.2, -0.15) is 13.5 Å². The van der Waals surface area contributed by atoms with E-state index in [1.807, 2.05) is 6.92 Å². The summed E-state index contributed by atoms with van der Waals surface area (Å²) in [7, 11) is -4.05. The van der Waals surface area contributed by atoms with Gasteiger partial charge < -0.3 is 5.32 Å². The molecule has 0 aliphatic heterocycles. The lowest BCUT2D eigenvalue weighted by atomic mass is 10.2. The summed E-state index contributed by atoms with van der Waals surface area (Å²) in [5, 5.41) is 8.12. The van der Waals surface area contributed by atoms with Crippen molar-refractivity contribution in [2.75, 3.05) is 10.0 Å². The first-order valence-electron chi connectivity index (χ1n) is 7.55. The standard InChI is InChI=1S/C17H15FN4O3S/c1-11-2-6-14(7-3-11)22-26(24,25)17-15(10-19-21-17)16(23)20-13-8-4-12(18)5-9-13/h2-10,22H,1H3,(H,19,21)(H,20,23). The van der Waals surface area contributed by atoms with Crippen LogP contribution in [0.3, 0.4) is 0 Å². The third-order valence-corrected chi connectivity index (χ3v) is 4.88. The number of aromatic amines is 1. The van der Waals surface area contributed by atoms with E-state index in [1.54, 1.807) is 24.3 Å². The maximum absolute atomic E-state index is 12.9. The molecular weight excluding hydrogens is 359 g/mol. The van der Waals surface area contributed by atoms with Crippen molar-refractivity contribution in [3.63, 3.8) is 0 Å². The minimum absolute atomic E-state index is 0.158. The van der Waals surface area contributed by atoms with E-state index in [0.717, 1.165) is 11.8 Å². The fourth-order valence-electron chi connectivity index (χ4n) is 2.20. The molecule has 0 unspecified atom stereocenters. The van der Waals surface area contributed by atoms with Gasteiger partial charge >= 0.3 is 0 Å². The Hall–Kier alpha value is -3.20. The van der Waals surface area contributed by atoms with E-state index < -0.39 is 21.7 Å². The number of carbonyl (C=O) groups excluding carboxylic acids is 1. The van der Waals surface area contributed by atoms with Crippen LogP contribution in [0, 0.1) is 12.7 Å². The summed E-state index contributed by atoms with van der Waals surface area (Å²) in [5.41, 5.74) is 1.50. The summed E-state index contributed by atoms with van der Waals surface area (Å²) in [6.07, 6.45) is 1.11. The number of carbonyl (C=O) groups is 1. The van der Waals surface area contributed by atoms with Gasteiger partial charge in [0.15, 0.2) is 5.03 Å². The molecule has 1 aromatic heterocycles. The van der Waals surface area contributed by atoms with Gasteiger partial charge in [-0.05, 0) is 43.3 Å². The monoisotopic (exact) mass is 374 g/mol. The lowest BCUT2D eigenvalue weighted by Crippen LogP contribution is -2.19. The Kier molecular flexibility index (Phi) is 4.72. The van der Waals surface area contributed by atoms with Crippen molar-refractivity contribution < 1.29 is 17.6 Å². The highest BCUT2D eigenvalue weighted by molar-refractivity contribution is 7.92. The van der Waals surface area contributed by atoms with E-state index in [1.165, 1.54) is 24.3 Å². The van der Waals surface area contributed by atoms with Gasteiger partial charge in [-0.1, -0.05) is 17.7 Å². The van der Waals surface area contributed by atoms with E-state index in [9.17, 15) is 17.6 Å². The molecule has 9 heteroatoms. The van der Waals surface area contributed by atoms with Crippen molar-refractivity contribution in [1.29, 1.82) is 0 Å². The average Bonchev–Trinajstić information content (AvgIpc) is 3.10. The van der Waals surface area contributed by atoms with Gasteiger partial charge in [0.2, 0.25) is 0 Å². The summed E-state index contributed by atoms with van der Waals surface area (Å²) in [6, 6.07) is 11.8. The fraction of sp³-hybridized carbons (Fsp3) is 0.0588. The van der Waals surface area contributed by atoms with Crippen molar-refractivity contribution in [3.05, 3.63) is 71.7 Å². The Labute approximate surface area is 149 Å². The highest BCUT2D eigenvalue weighted by atomic mass is 32.2. The second-order valence-corrected chi connectivity index (χ2v) is 7.16. The van der Waals surface area contributed by atoms with Crippen LogP contribution in [0.4, 0.5) is 15.8 Å². The van der Waals surface area contributed by atoms with Gasteiger partial charge in [-0.3, -0.25) is 14.6 Å². The molecule has 0 atom stereocenters. The number of hydrogen-bond acceptors (Lipinski definition) is 4. The van der Waals surface area contributed by atoms with E-state index in [-0.39, 0.29) is 10.6 Å². The predicted octanol–water partition coefficient (Wildman–Crippen LogP) is 2.91. The van der Waals surface area contributed by atoms with Crippen molar-refractivity contribution in [1.82, 2.24) is 10.2 Å². The first-order chi connectivity index (χ1) is 12.3. The van der Waals surface area contributed by atoms with Crippen LogP contribution in [0.2, 0.25) is 0 Å². The Balaban J connectivity index is 1.83. The van der Waals surface area contributed by atoms with Gasteiger partial charge in [0.25, 0.3) is 15.9 Å². The van der Waals surface area contributed by atoms with Crippen LogP contribution in [0.5, 0.6) is 0 Å². The number of H-pyrrole nitrogens is 1. The van der Waals surface area contributed by atoms with Crippen molar-refractivity contribution in [2.45, 2.75) is 11.9 Å². The zero-order valence-electron chi connectivity index (χ0n) is 13.7. The lowest BCUT2D eigenvalue weighted by Gasteiger charge is -2.09. The van der Waals surface area contributed by atoms with Gasteiger partial charge in [0.05, 0.1) is 11.8 Å². The largest absolute Gasteiger partial charge is 0.322 e. The smallest absolute Gasteiger partial charge is 0.279 e. The number of aryl methyl sites for hydroxylation is 1. The number of halogens is 1. The molecule has 1 heterocycles. The fourth-order valence-corrected chi connectivity index (χ4v) is 3.36. The van der Waals surface area contributed by atoms with Gasteiger partial charge in [0.1, 0.15) is 5.82 Å². The molecule has 3 rings (SSSR count). The van der Waals surface area contributed by atoms with Gasteiger partial charge in [-0.15, -0.1) is 0 Å². The zero-order chi connectivity index (χ0) is 18.7. The molecule has 26 heavy (non-hydrogen) atoms. The number of nitrogens with zero attached hydrogens (tertiary/aromatic N) is 1. The maximum atomic E-state index is 12.9. The van der Waals surface area contributed by atoms with E-state index in [0.29, 0.717) is 11.4 Å². The van der Waals surface area contributed by atoms with Crippen molar-refractivity contribution in [2.24, 2.45) is 0 Å². The summed E-state index contributed by atoms with van der Waals surface area (Å²) in [6.45, 7) is 1.88. The minimum atomic E-state index is -4.05. The van der Waals surface area contributed by atoms with Crippen molar-refractivity contribution in [3.8, 4) is 0 Å². The number of anilines is 2. The summed E-state index contributed by atoms with van der Waals surface area (Å²) in [4.78, 5) is 12.4. The molecule has 2 aromatic carbocycles. The Morgan fingerprint density at radius 1 is 1.04 bits per heavy atom. The summed E-state index contributed by atoms with van der Waals surface area (Å²) >= 11 is 0. The van der Waals surface area contributed by atoms with Gasteiger partial charge in [-0.25, -0.2) is 4.39 Å². The normalized spacial score (nSPS) is 11.2. The van der Waals surface area contributed by atoms with Crippen LogP contribution < -0.4 is 10.0 Å². The second-order valence-electron chi connectivity index (χ2n) is 5.55. The van der Waals surface area contributed by atoms with E-state index in [4.69, 9.17) is 0 Å². The topological polar surface area (TPSA) is 104 Å². The molecule has 134 valence electrons. The number of amides is 1. The molecule has 0 saturated carbocycles. The van der Waals surface area contributed by atoms with Crippen LogP contribution >= 0.6 is 0 Å². The first kappa shape index (κ1) is 17.6. The van der Waals surface area contributed by atoms with Crippen LogP contribution in [0.1, 0.15) is 15.9 Å². The molecule has 0 aliphatic rings. The predicted molar refractivity (Wildman–Crippen MR) is 94.9 cm³/mol. The molecule has 0 spiro atoms. The number of rotatable bonds is 5. The highest BCUT2D eigenvalue weighted by Crippen LogP contribution is 2.19. The van der Waals surface area contributed by atoms with Crippen LogP contribution in [0.25, 0.3) is 0 Å². The molecule has 3 N–H and O–H groups in total. The Morgan fingerprint density at radius 2 is 1.65 bits per heavy atom. The van der Waals surface area contributed by atoms with Crippen LogP contribution in [-0.4, -0.2) is 24.5 Å². The SMILES string of the molecule is Cc1ccc(NS(=O)(=O)c2[nH]ncc2C(=O)Nc2ccc(F)cc2)cc1. The lowest BCUT2D eigenvalue weighted by molar-refractivity contribution is 0.102. The molecule has 0 saturated heterocycles. The van der Waals surface area contributed by atoms with E-state index in [2.05, 4.69) is 20.2 Å². The summed E-state index contributed by atoms with van der Waals surface area (Å²) < 4.78 is 40.4. The number of sulfonamides is 1. The van der Waals surface area contributed by atoms with Crippen LogP contribution in [0.15, 0.2) is 59.8 Å². The number of hydrogen-bond donors (Lipinski definition) is 3. The second kappa shape index (κ2) is 6.96.